The molecule has 2 N–H and O–H groups in total. The Hall–Kier alpha value is -2.06. The van der Waals surface area contributed by atoms with Crippen molar-refractivity contribution in [2.75, 3.05) is 6.54 Å². The number of aromatic nitrogens is 2. The lowest BCUT2D eigenvalue weighted by Crippen LogP contribution is -2.33. The lowest BCUT2D eigenvalue weighted by atomic mass is 10.1. The number of nitrogens with one attached hydrogen (secondary N) is 1. The van der Waals surface area contributed by atoms with Crippen LogP contribution in [0.3, 0.4) is 0 Å². The van der Waals surface area contributed by atoms with Crippen molar-refractivity contribution < 1.29 is 27.9 Å². The molecule has 1 amide bonds. The molecule has 0 fully saturated rings. The van der Waals surface area contributed by atoms with Crippen LogP contribution in [0.15, 0.2) is 0 Å². The summed E-state index contributed by atoms with van der Waals surface area (Å²) >= 11 is 0. The first-order valence-electron chi connectivity index (χ1n) is 4.97. The molecule has 98 valence electrons. The van der Waals surface area contributed by atoms with Gasteiger partial charge >= 0.3 is 12.1 Å². The molecular weight excluding hydrogens is 255 g/mol. The molecule has 0 aliphatic carbocycles. The SMILES string of the molecule is O=C(O)Cn1nc(C(F)(F)F)c2c1CCNC2=O. The monoisotopic (exact) mass is 263 g/mol. The third-order valence-corrected chi connectivity index (χ3v) is 2.49. The molecule has 0 atom stereocenters. The molecule has 0 bridgehead atoms. The minimum Gasteiger partial charge on any atom is -0.480 e. The molecular formula is C9H8F3N3O3. The highest BCUT2D eigenvalue weighted by molar-refractivity contribution is 5.97. The molecule has 0 saturated heterocycles. The second kappa shape index (κ2) is 4.00. The maximum Gasteiger partial charge on any atom is 0.435 e. The predicted molar refractivity (Wildman–Crippen MR) is 50.9 cm³/mol. The third-order valence-electron chi connectivity index (χ3n) is 2.49. The van der Waals surface area contributed by atoms with E-state index in [-0.39, 0.29) is 18.7 Å². The van der Waals surface area contributed by atoms with Crippen molar-refractivity contribution in [1.82, 2.24) is 15.1 Å². The quantitative estimate of drug-likeness (QED) is 0.802. The van der Waals surface area contributed by atoms with E-state index in [0.717, 1.165) is 4.68 Å². The number of carboxylic acids is 1. The van der Waals surface area contributed by atoms with Gasteiger partial charge in [-0.3, -0.25) is 14.3 Å². The fourth-order valence-electron chi connectivity index (χ4n) is 1.83. The van der Waals surface area contributed by atoms with Crippen molar-refractivity contribution in [3.8, 4) is 0 Å². The number of rotatable bonds is 2. The van der Waals surface area contributed by atoms with Crippen LogP contribution >= 0.6 is 0 Å². The smallest absolute Gasteiger partial charge is 0.435 e. The normalized spacial score (nSPS) is 15.2. The zero-order valence-electron chi connectivity index (χ0n) is 8.91. The molecule has 6 nitrogen and oxygen atoms in total. The Balaban J connectivity index is 2.58. The maximum atomic E-state index is 12.7. The van der Waals surface area contributed by atoms with E-state index >= 15 is 0 Å². The number of aliphatic carboxylic acids is 1. The molecule has 18 heavy (non-hydrogen) atoms. The summed E-state index contributed by atoms with van der Waals surface area (Å²) in [6.07, 6.45) is -4.67. The summed E-state index contributed by atoms with van der Waals surface area (Å²) in [6.45, 7) is -0.542. The molecule has 2 rings (SSSR count). The van der Waals surface area contributed by atoms with Gasteiger partial charge in [-0.25, -0.2) is 0 Å². The molecule has 2 heterocycles. The molecule has 0 spiro atoms. The van der Waals surface area contributed by atoms with Crippen LogP contribution < -0.4 is 5.32 Å². The summed E-state index contributed by atoms with van der Waals surface area (Å²) in [5.41, 5.74) is -1.90. The first-order chi connectivity index (χ1) is 8.30. The third kappa shape index (κ3) is 2.03. The van der Waals surface area contributed by atoms with Crippen molar-refractivity contribution >= 4 is 11.9 Å². The first kappa shape index (κ1) is 12.4. The number of hydrogen-bond donors (Lipinski definition) is 2. The number of carbonyl (C=O) groups excluding carboxylic acids is 1. The highest BCUT2D eigenvalue weighted by atomic mass is 19.4. The highest BCUT2D eigenvalue weighted by Crippen LogP contribution is 2.33. The molecule has 0 saturated carbocycles. The van der Waals surface area contributed by atoms with Crippen molar-refractivity contribution in [3.63, 3.8) is 0 Å². The Bertz CT molecular complexity index is 521. The van der Waals surface area contributed by atoms with E-state index in [2.05, 4.69) is 10.4 Å². The molecule has 0 aromatic carbocycles. The zero-order valence-corrected chi connectivity index (χ0v) is 8.91. The molecule has 0 unspecified atom stereocenters. The summed E-state index contributed by atoms with van der Waals surface area (Å²) in [5.74, 6) is -2.19. The Morgan fingerprint density at radius 2 is 2.17 bits per heavy atom. The Morgan fingerprint density at radius 3 is 2.72 bits per heavy atom. The molecule has 1 aromatic rings. The largest absolute Gasteiger partial charge is 0.480 e. The van der Waals surface area contributed by atoms with E-state index in [1.807, 2.05) is 0 Å². The Morgan fingerprint density at radius 1 is 1.50 bits per heavy atom. The van der Waals surface area contributed by atoms with Gasteiger partial charge in [0.05, 0.1) is 11.3 Å². The molecule has 1 aliphatic rings. The summed E-state index contributed by atoms with van der Waals surface area (Å²) in [6, 6.07) is 0. The molecule has 9 heteroatoms. The lowest BCUT2D eigenvalue weighted by Gasteiger charge is -2.14. The number of fused-ring (bicyclic) bond motifs is 1. The van der Waals surface area contributed by atoms with Crippen LogP contribution in [0.5, 0.6) is 0 Å². The van der Waals surface area contributed by atoms with Gasteiger partial charge in [0, 0.05) is 13.0 Å². The van der Waals surface area contributed by atoms with Crippen LogP contribution in [0.1, 0.15) is 21.7 Å². The standard InChI is InChI=1S/C9H8F3N3O3/c10-9(11,12)7-6-4(1-2-13-8(6)18)15(14-7)3-5(16)17/h1-3H2,(H,13,18)(H,16,17). The summed E-state index contributed by atoms with van der Waals surface area (Å²) in [5, 5.41) is 14.1. The van der Waals surface area contributed by atoms with Crippen molar-refractivity contribution in [3.05, 3.63) is 17.0 Å². The topological polar surface area (TPSA) is 84.2 Å². The number of amides is 1. The fraction of sp³-hybridized carbons (Fsp3) is 0.444. The average Bonchev–Trinajstić information content (AvgIpc) is 2.57. The number of halogens is 3. The highest BCUT2D eigenvalue weighted by Gasteiger charge is 2.42. The summed E-state index contributed by atoms with van der Waals surface area (Å²) in [7, 11) is 0. The van der Waals surface area contributed by atoms with E-state index in [0.29, 0.717) is 0 Å². The van der Waals surface area contributed by atoms with Crippen LogP contribution in [0, 0.1) is 0 Å². The number of nitrogens with zero attached hydrogens (tertiary/aromatic N) is 2. The van der Waals surface area contributed by atoms with E-state index in [9.17, 15) is 22.8 Å². The second-order valence-electron chi connectivity index (χ2n) is 3.73. The van der Waals surface area contributed by atoms with Crippen LogP contribution in [-0.2, 0) is 23.9 Å². The van der Waals surface area contributed by atoms with E-state index in [1.54, 1.807) is 0 Å². The first-order valence-corrected chi connectivity index (χ1v) is 4.97. The van der Waals surface area contributed by atoms with Crippen LogP contribution in [0.4, 0.5) is 13.2 Å². The second-order valence-corrected chi connectivity index (χ2v) is 3.73. The Kier molecular flexibility index (Phi) is 2.76. The minimum atomic E-state index is -4.79. The number of carbonyl (C=O) groups is 2. The van der Waals surface area contributed by atoms with E-state index in [4.69, 9.17) is 5.11 Å². The Labute approximate surface area is 98.4 Å². The van der Waals surface area contributed by atoms with E-state index in [1.165, 1.54) is 0 Å². The molecule has 1 aliphatic heterocycles. The summed E-state index contributed by atoms with van der Waals surface area (Å²) in [4.78, 5) is 22.0. The number of alkyl halides is 3. The van der Waals surface area contributed by atoms with Gasteiger partial charge < -0.3 is 10.4 Å². The van der Waals surface area contributed by atoms with Crippen molar-refractivity contribution in [2.45, 2.75) is 19.1 Å². The van der Waals surface area contributed by atoms with Gasteiger partial charge in [0.1, 0.15) is 6.54 Å². The van der Waals surface area contributed by atoms with Gasteiger partial charge in [-0.15, -0.1) is 0 Å². The van der Waals surface area contributed by atoms with Crippen LogP contribution in [0.2, 0.25) is 0 Å². The van der Waals surface area contributed by atoms with Gasteiger partial charge in [-0.1, -0.05) is 0 Å². The number of hydrogen-bond acceptors (Lipinski definition) is 3. The average molecular weight is 263 g/mol. The van der Waals surface area contributed by atoms with Crippen LogP contribution in [0.25, 0.3) is 0 Å². The van der Waals surface area contributed by atoms with Gasteiger partial charge in [-0.2, -0.15) is 18.3 Å². The van der Waals surface area contributed by atoms with Crippen LogP contribution in [-0.4, -0.2) is 33.3 Å². The summed E-state index contributed by atoms with van der Waals surface area (Å²) < 4.78 is 38.8. The van der Waals surface area contributed by atoms with E-state index < -0.39 is 35.9 Å². The fourth-order valence-corrected chi connectivity index (χ4v) is 1.83. The van der Waals surface area contributed by atoms with Gasteiger partial charge in [0.15, 0.2) is 5.69 Å². The van der Waals surface area contributed by atoms with Crippen molar-refractivity contribution in [1.29, 1.82) is 0 Å². The molecule has 1 aromatic heterocycles. The molecule has 0 radical (unpaired) electrons. The number of carboxylic acid groups (broad SMARTS) is 1. The minimum absolute atomic E-state index is 0.00785. The zero-order chi connectivity index (χ0) is 13.5. The van der Waals surface area contributed by atoms with Gasteiger partial charge in [0.25, 0.3) is 5.91 Å². The predicted octanol–water partition coefficient (Wildman–Crippen LogP) is 0.272. The lowest BCUT2D eigenvalue weighted by molar-refractivity contribution is -0.143. The van der Waals surface area contributed by atoms with Crippen molar-refractivity contribution in [2.24, 2.45) is 0 Å². The van der Waals surface area contributed by atoms with Gasteiger partial charge in [-0.05, 0) is 0 Å². The van der Waals surface area contributed by atoms with Gasteiger partial charge in [0.2, 0.25) is 0 Å². The maximum absolute atomic E-state index is 12.7.